The molecule has 1 N–H and O–H groups in total. The number of hydrogen-bond acceptors (Lipinski definition) is 3. The molecule has 0 saturated carbocycles. The Bertz CT molecular complexity index is 719. The van der Waals surface area contributed by atoms with Crippen molar-refractivity contribution in [3.63, 3.8) is 0 Å². The van der Waals surface area contributed by atoms with E-state index >= 15 is 0 Å². The minimum atomic E-state index is -0.308. The largest absolute Gasteiger partial charge is 0.371 e. The number of carbonyl (C=O) groups excluding carboxylic acids is 2. The number of rotatable bonds is 6. The molecule has 5 heteroatoms. The van der Waals surface area contributed by atoms with Gasteiger partial charge in [0.25, 0.3) is 11.8 Å². The third kappa shape index (κ3) is 9.93. The fourth-order valence-corrected chi connectivity index (χ4v) is 2.78. The van der Waals surface area contributed by atoms with Gasteiger partial charge in [0.15, 0.2) is 0 Å². The number of carbonyl (C=O) groups is 2. The molecule has 1 aromatic rings. The first-order valence-corrected chi connectivity index (χ1v) is 10.3. The van der Waals surface area contributed by atoms with Gasteiger partial charge in [0.2, 0.25) is 0 Å². The summed E-state index contributed by atoms with van der Waals surface area (Å²) in [4.78, 5) is 27.5. The summed E-state index contributed by atoms with van der Waals surface area (Å²) in [7, 11) is 1.80. The Hall–Kier alpha value is -1.88. The molecule has 0 aliphatic rings. The van der Waals surface area contributed by atoms with Gasteiger partial charge in [-0.3, -0.25) is 9.59 Å². The molecule has 164 valence electrons. The van der Waals surface area contributed by atoms with Crippen molar-refractivity contribution in [2.24, 2.45) is 10.8 Å². The highest BCUT2D eigenvalue weighted by molar-refractivity contribution is 6.00. The van der Waals surface area contributed by atoms with Gasteiger partial charge in [-0.15, -0.1) is 0 Å². The summed E-state index contributed by atoms with van der Waals surface area (Å²) in [6.45, 7) is 19.9. The van der Waals surface area contributed by atoms with Crippen LogP contribution in [0.1, 0.15) is 88.6 Å². The zero-order valence-electron chi connectivity index (χ0n) is 20.0. The first kappa shape index (κ1) is 25.2. The normalized spacial score (nSPS) is 12.6. The smallest absolute Gasteiger partial charge is 0.253 e. The predicted molar refractivity (Wildman–Crippen MR) is 119 cm³/mol. The lowest BCUT2D eigenvalue weighted by Crippen LogP contribution is -2.35. The summed E-state index contributed by atoms with van der Waals surface area (Å²) in [6, 6.07) is 5.32. The maximum Gasteiger partial charge on any atom is 0.253 e. The maximum atomic E-state index is 13.0. The van der Waals surface area contributed by atoms with E-state index in [-0.39, 0.29) is 28.2 Å². The van der Waals surface area contributed by atoms with Crippen molar-refractivity contribution in [2.75, 3.05) is 20.1 Å². The van der Waals surface area contributed by atoms with Gasteiger partial charge >= 0.3 is 0 Å². The van der Waals surface area contributed by atoms with Crippen LogP contribution in [0, 0.1) is 10.8 Å². The van der Waals surface area contributed by atoms with Crippen LogP contribution < -0.4 is 5.32 Å². The lowest BCUT2D eigenvalue weighted by Gasteiger charge is -2.27. The van der Waals surface area contributed by atoms with Crippen molar-refractivity contribution in [2.45, 2.75) is 74.5 Å². The molecule has 0 aromatic heterocycles. The standard InChI is InChI=1S/C24H40N2O3/c1-22(2,3)15-25-20(27)18-11-17(14-29-24(7,8)9)12-19(13-18)21(28)26(10)16-23(4,5)6/h11-13H,14-16H2,1-10H3,(H,25,27). The summed E-state index contributed by atoms with van der Waals surface area (Å²) in [5.74, 6) is -0.271. The Morgan fingerprint density at radius 1 is 0.897 bits per heavy atom. The van der Waals surface area contributed by atoms with Crippen molar-refractivity contribution in [3.8, 4) is 0 Å². The molecule has 0 atom stereocenters. The minimum Gasteiger partial charge on any atom is -0.371 e. The fourth-order valence-electron chi connectivity index (χ4n) is 2.78. The molecule has 0 aliphatic carbocycles. The number of nitrogens with one attached hydrogen (secondary N) is 1. The third-order valence-corrected chi connectivity index (χ3v) is 4.01. The number of nitrogens with zero attached hydrogens (tertiary/aromatic N) is 1. The zero-order valence-corrected chi connectivity index (χ0v) is 20.0. The topological polar surface area (TPSA) is 58.6 Å². The molecule has 0 bridgehead atoms. The maximum absolute atomic E-state index is 13.0. The molecule has 0 saturated heterocycles. The SMILES string of the molecule is CN(CC(C)(C)C)C(=O)c1cc(COC(C)(C)C)cc(C(=O)NCC(C)(C)C)c1. The van der Waals surface area contributed by atoms with Gasteiger partial charge in [-0.1, -0.05) is 41.5 Å². The average molecular weight is 405 g/mol. The predicted octanol–water partition coefficient (Wildman–Crippen LogP) is 4.90. The summed E-state index contributed by atoms with van der Waals surface area (Å²) in [6.07, 6.45) is 0. The highest BCUT2D eigenvalue weighted by atomic mass is 16.5. The monoisotopic (exact) mass is 404 g/mol. The molecule has 1 rings (SSSR count). The van der Waals surface area contributed by atoms with Crippen LogP contribution in [0.15, 0.2) is 18.2 Å². The fraction of sp³-hybridized carbons (Fsp3) is 0.667. The van der Waals surface area contributed by atoms with Gasteiger partial charge in [-0.2, -0.15) is 0 Å². The molecule has 2 amide bonds. The third-order valence-electron chi connectivity index (χ3n) is 4.01. The second kappa shape index (κ2) is 9.29. The highest BCUT2D eigenvalue weighted by Gasteiger charge is 2.22. The lowest BCUT2D eigenvalue weighted by molar-refractivity contribution is -0.0149. The molecule has 29 heavy (non-hydrogen) atoms. The summed E-state index contributed by atoms with van der Waals surface area (Å²) >= 11 is 0. The molecular formula is C24H40N2O3. The average Bonchev–Trinajstić information content (AvgIpc) is 2.54. The van der Waals surface area contributed by atoms with Crippen LogP contribution in [-0.2, 0) is 11.3 Å². The van der Waals surface area contributed by atoms with E-state index in [4.69, 9.17) is 4.74 Å². The summed E-state index contributed by atoms with van der Waals surface area (Å²) < 4.78 is 5.88. The van der Waals surface area contributed by atoms with Crippen molar-refractivity contribution >= 4 is 11.8 Å². The Kier molecular flexibility index (Phi) is 8.06. The van der Waals surface area contributed by atoms with Gasteiger partial charge in [-0.25, -0.2) is 0 Å². The van der Waals surface area contributed by atoms with Gasteiger partial charge < -0.3 is 15.0 Å². The van der Waals surface area contributed by atoms with Gasteiger partial charge in [0, 0.05) is 31.3 Å². The van der Waals surface area contributed by atoms with E-state index in [1.807, 2.05) is 32.9 Å². The molecular weight excluding hydrogens is 364 g/mol. The molecule has 1 aromatic carbocycles. The molecule has 5 nitrogen and oxygen atoms in total. The zero-order chi connectivity index (χ0) is 22.6. The Balaban J connectivity index is 3.19. The summed E-state index contributed by atoms with van der Waals surface area (Å²) in [5, 5.41) is 2.97. The Morgan fingerprint density at radius 2 is 1.45 bits per heavy atom. The van der Waals surface area contributed by atoms with Crippen molar-refractivity contribution in [1.82, 2.24) is 10.2 Å². The Morgan fingerprint density at radius 3 is 1.93 bits per heavy atom. The summed E-state index contributed by atoms with van der Waals surface area (Å²) in [5.41, 5.74) is 1.47. The first-order chi connectivity index (χ1) is 13.0. The quantitative estimate of drug-likeness (QED) is 0.734. The number of benzene rings is 1. The highest BCUT2D eigenvalue weighted by Crippen LogP contribution is 2.20. The number of hydrogen-bond donors (Lipinski definition) is 1. The Labute approximate surface area is 177 Å². The van der Waals surface area contributed by atoms with Crippen molar-refractivity contribution < 1.29 is 14.3 Å². The van der Waals surface area contributed by atoms with E-state index in [0.717, 1.165) is 5.56 Å². The molecule has 0 spiro atoms. The molecule has 0 fully saturated rings. The number of ether oxygens (including phenoxy) is 1. The van der Waals surface area contributed by atoms with E-state index in [1.54, 1.807) is 18.0 Å². The van der Waals surface area contributed by atoms with Gasteiger partial charge in [0.05, 0.1) is 12.2 Å². The van der Waals surface area contributed by atoms with Crippen LogP contribution in [0.4, 0.5) is 0 Å². The van der Waals surface area contributed by atoms with Gasteiger partial charge in [-0.05, 0) is 55.4 Å². The molecule has 0 unspecified atom stereocenters. The van der Waals surface area contributed by atoms with Crippen molar-refractivity contribution in [1.29, 1.82) is 0 Å². The molecule has 0 aliphatic heterocycles. The first-order valence-electron chi connectivity index (χ1n) is 10.3. The van der Waals surface area contributed by atoms with E-state index < -0.39 is 0 Å². The molecule has 0 radical (unpaired) electrons. The van der Waals surface area contributed by atoms with E-state index in [9.17, 15) is 9.59 Å². The lowest BCUT2D eigenvalue weighted by atomic mass is 9.95. The molecule has 0 heterocycles. The van der Waals surface area contributed by atoms with E-state index in [0.29, 0.717) is 30.8 Å². The van der Waals surface area contributed by atoms with Crippen LogP contribution in [0.3, 0.4) is 0 Å². The van der Waals surface area contributed by atoms with Crippen molar-refractivity contribution in [3.05, 3.63) is 34.9 Å². The van der Waals surface area contributed by atoms with E-state index in [2.05, 4.69) is 46.9 Å². The van der Waals surface area contributed by atoms with Crippen LogP contribution in [0.5, 0.6) is 0 Å². The van der Waals surface area contributed by atoms with Crippen LogP contribution in [0.25, 0.3) is 0 Å². The van der Waals surface area contributed by atoms with Gasteiger partial charge in [0.1, 0.15) is 0 Å². The van der Waals surface area contributed by atoms with Crippen LogP contribution >= 0.6 is 0 Å². The van der Waals surface area contributed by atoms with Crippen LogP contribution in [-0.4, -0.2) is 42.5 Å². The second-order valence-electron chi connectivity index (χ2n) is 11.3. The van der Waals surface area contributed by atoms with E-state index in [1.165, 1.54) is 0 Å². The number of amides is 2. The minimum absolute atomic E-state index is 0.00964. The second-order valence-corrected chi connectivity index (χ2v) is 11.3. The van der Waals surface area contributed by atoms with Crippen LogP contribution in [0.2, 0.25) is 0 Å².